The Hall–Kier alpha value is -1.96. The molecule has 0 bridgehead atoms. The third-order valence-electron chi connectivity index (χ3n) is 3.08. The molecule has 0 aliphatic carbocycles. The summed E-state index contributed by atoms with van der Waals surface area (Å²) >= 11 is 0. The second-order valence-corrected chi connectivity index (χ2v) is 6.79. The van der Waals surface area contributed by atoms with Crippen LogP contribution in [-0.2, 0) is 19.8 Å². The monoisotopic (exact) mass is 375 g/mol. The Balaban J connectivity index is 2.74. The minimum absolute atomic E-state index is 0.131. The predicted octanol–water partition coefficient (Wildman–Crippen LogP) is 3.64. The van der Waals surface area contributed by atoms with E-state index in [4.69, 9.17) is 14.8 Å². The van der Waals surface area contributed by atoms with E-state index in [-0.39, 0.29) is 19.0 Å². The smallest absolute Gasteiger partial charge is 0.383 e. The van der Waals surface area contributed by atoms with Crippen molar-refractivity contribution in [1.29, 1.82) is 0 Å². The quantitative estimate of drug-likeness (QED) is 0.776. The Bertz CT molecular complexity index is 775. The van der Waals surface area contributed by atoms with Crippen LogP contribution in [0.25, 0.3) is 11.4 Å². The molecule has 136 valence electrons. The summed E-state index contributed by atoms with van der Waals surface area (Å²) in [7, 11) is -4.32. The normalized spacial score (nSPS) is 12.4. The highest BCUT2D eigenvalue weighted by Gasteiger charge is 2.45. The molecule has 0 radical (unpaired) electrons. The summed E-state index contributed by atoms with van der Waals surface area (Å²) < 4.78 is 63.5. The van der Waals surface area contributed by atoms with Crippen LogP contribution in [0, 0.1) is 0 Å². The summed E-state index contributed by atoms with van der Waals surface area (Å²) in [6.07, 6.45) is -4.92. The third kappa shape index (κ3) is 4.18. The molecular weight excluding hydrogens is 358 g/mol. The second-order valence-electron chi connectivity index (χ2n) is 4.83. The molecule has 2 N–H and O–H groups in total. The molecule has 0 aliphatic heterocycles. The Labute approximate surface area is 142 Å². The average molecular weight is 375 g/mol. The van der Waals surface area contributed by atoms with Gasteiger partial charge in [-0.25, -0.2) is 9.97 Å². The molecule has 0 amide bonds. The van der Waals surface area contributed by atoms with Gasteiger partial charge in [0.1, 0.15) is 11.1 Å². The van der Waals surface area contributed by atoms with E-state index in [0.29, 0.717) is 5.56 Å². The van der Waals surface area contributed by atoms with Gasteiger partial charge in [-0.15, -0.1) is 0 Å². The van der Waals surface area contributed by atoms with Gasteiger partial charge in [0, 0.05) is 5.56 Å². The predicted molar refractivity (Wildman–Crippen MR) is 87.4 cm³/mol. The van der Waals surface area contributed by atoms with E-state index in [1.807, 2.05) is 0 Å². The molecular formula is C15H17F3N3O3P. The fourth-order valence-electron chi connectivity index (χ4n) is 2.16. The molecule has 25 heavy (non-hydrogen) atoms. The first-order valence-electron chi connectivity index (χ1n) is 7.42. The Morgan fingerprint density at radius 1 is 1.08 bits per heavy atom. The van der Waals surface area contributed by atoms with E-state index in [9.17, 15) is 17.7 Å². The molecule has 10 heteroatoms. The van der Waals surface area contributed by atoms with Gasteiger partial charge in [0.2, 0.25) is 0 Å². The van der Waals surface area contributed by atoms with Crippen molar-refractivity contribution in [1.82, 2.24) is 9.97 Å². The number of benzene rings is 1. The van der Waals surface area contributed by atoms with Crippen LogP contribution in [0.1, 0.15) is 19.5 Å². The molecule has 0 unspecified atom stereocenters. The van der Waals surface area contributed by atoms with Gasteiger partial charge in [-0.3, -0.25) is 4.57 Å². The molecule has 2 aromatic rings. The van der Waals surface area contributed by atoms with Crippen molar-refractivity contribution in [3.8, 4) is 11.4 Å². The van der Waals surface area contributed by atoms with Crippen LogP contribution < -0.4 is 11.0 Å². The van der Waals surface area contributed by atoms with Crippen molar-refractivity contribution in [3.63, 3.8) is 0 Å². The van der Waals surface area contributed by atoms with Gasteiger partial charge < -0.3 is 14.8 Å². The van der Waals surface area contributed by atoms with Gasteiger partial charge in [-0.2, -0.15) is 13.2 Å². The molecule has 1 aromatic heterocycles. The van der Waals surface area contributed by atoms with Gasteiger partial charge in [0.05, 0.1) is 13.2 Å². The molecule has 0 aliphatic rings. The number of nitrogens with two attached hydrogens (primary N) is 1. The maximum absolute atomic E-state index is 13.6. The van der Waals surface area contributed by atoms with Gasteiger partial charge in [0.15, 0.2) is 11.5 Å². The lowest BCUT2D eigenvalue weighted by Crippen LogP contribution is -2.28. The van der Waals surface area contributed by atoms with Crippen LogP contribution in [0.5, 0.6) is 0 Å². The summed E-state index contributed by atoms with van der Waals surface area (Å²) in [6.45, 7) is 2.70. The number of nitrogen functional groups attached to an aromatic ring is 1. The molecule has 1 aromatic carbocycles. The second kappa shape index (κ2) is 7.51. The topological polar surface area (TPSA) is 87.3 Å². The fraction of sp³-hybridized carbons (Fsp3) is 0.333. The maximum Gasteiger partial charge on any atom is 0.434 e. The molecule has 2 rings (SSSR count). The Morgan fingerprint density at radius 2 is 1.64 bits per heavy atom. The number of hydrogen-bond donors (Lipinski definition) is 1. The minimum atomic E-state index is -4.92. The summed E-state index contributed by atoms with van der Waals surface area (Å²) in [5, 5.41) is -0.858. The lowest BCUT2D eigenvalue weighted by atomic mass is 10.2. The van der Waals surface area contributed by atoms with Crippen molar-refractivity contribution < 1.29 is 26.8 Å². The van der Waals surface area contributed by atoms with Gasteiger partial charge in [0.25, 0.3) is 0 Å². The highest BCUT2D eigenvalue weighted by Crippen LogP contribution is 2.51. The van der Waals surface area contributed by atoms with Crippen molar-refractivity contribution in [2.24, 2.45) is 0 Å². The molecule has 0 spiro atoms. The van der Waals surface area contributed by atoms with Crippen molar-refractivity contribution >= 4 is 18.7 Å². The summed E-state index contributed by atoms with van der Waals surface area (Å²) in [6, 6.07) is 8.03. The first-order chi connectivity index (χ1) is 11.7. The van der Waals surface area contributed by atoms with E-state index < -0.39 is 30.6 Å². The van der Waals surface area contributed by atoms with Crippen molar-refractivity contribution in [2.45, 2.75) is 20.0 Å². The summed E-state index contributed by atoms with van der Waals surface area (Å²) in [5.74, 6) is -0.819. The zero-order valence-corrected chi connectivity index (χ0v) is 14.5. The van der Waals surface area contributed by atoms with E-state index in [0.717, 1.165) is 0 Å². The summed E-state index contributed by atoms with van der Waals surface area (Å²) in [5.41, 5.74) is 4.63. The maximum atomic E-state index is 13.6. The largest absolute Gasteiger partial charge is 0.434 e. The highest BCUT2D eigenvalue weighted by molar-refractivity contribution is 7.62. The minimum Gasteiger partial charge on any atom is -0.383 e. The zero-order chi connectivity index (χ0) is 18.7. The van der Waals surface area contributed by atoms with Gasteiger partial charge in [-0.05, 0) is 13.8 Å². The van der Waals surface area contributed by atoms with Crippen molar-refractivity contribution in [2.75, 3.05) is 18.9 Å². The third-order valence-corrected chi connectivity index (χ3v) is 5.27. The number of nitrogens with zero attached hydrogens (tertiary/aromatic N) is 2. The van der Waals surface area contributed by atoms with E-state index in [1.165, 1.54) is 13.8 Å². The van der Waals surface area contributed by atoms with Crippen LogP contribution in [0.2, 0.25) is 0 Å². The lowest BCUT2D eigenvalue weighted by molar-refractivity contribution is -0.140. The van der Waals surface area contributed by atoms with E-state index in [2.05, 4.69) is 9.97 Å². The Morgan fingerprint density at radius 3 is 2.12 bits per heavy atom. The molecule has 1 heterocycles. The van der Waals surface area contributed by atoms with E-state index in [1.54, 1.807) is 30.3 Å². The number of rotatable bonds is 6. The van der Waals surface area contributed by atoms with Crippen LogP contribution in [0.3, 0.4) is 0 Å². The SMILES string of the molecule is CCOP(=O)(OCC)c1c(N)nc(-c2ccccc2)nc1C(F)(F)F. The first-order valence-corrected chi connectivity index (χ1v) is 8.97. The standard InChI is InChI=1S/C15H17F3N3O3P/c1-3-23-25(22,24-4-2)11-12(15(16,17)18)20-14(21-13(11)19)10-8-6-5-7-9-10/h5-9H,3-4H2,1-2H3,(H2,19,20,21). The number of halogens is 3. The highest BCUT2D eigenvalue weighted by atomic mass is 31.2. The van der Waals surface area contributed by atoms with Crippen LogP contribution in [0.4, 0.5) is 19.0 Å². The summed E-state index contributed by atoms with van der Waals surface area (Å²) in [4.78, 5) is 7.44. The number of anilines is 1. The molecule has 0 fully saturated rings. The van der Waals surface area contributed by atoms with Crippen LogP contribution in [0.15, 0.2) is 30.3 Å². The molecule has 0 saturated carbocycles. The average Bonchev–Trinajstić information content (AvgIpc) is 2.54. The van der Waals surface area contributed by atoms with Crippen LogP contribution in [-0.4, -0.2) is 23.2 Å². The van der Waals surface area contributed by atoms with Gasteiger partial charge in [-0.1, -0.05) is 30.3 Å². The van der Waals surface area contributed by atoms with Gasteiger partial charge >= 0.3 is 13.8 Å². The van der Waals surface area contributed by atoms with E-state index >= 15 is 0 Å². The molecule has 6 nitrogen and oxygen atoms in total. The van der Waals surface area contributed by atoms with Crippen molar-refractivity contribution in [3.05, 3.63) is 36.0 Å². The molecule has 0 saturated heterocycles. The lowest BCUT2D eigenvalue weighted by Gasteiger charge is -2.22. The zero-order valence-electron chi connectivity index (χ0n) is 13.6. The fourth-order valence-corrected chi connectivity index (χ4v) is 3.94. The number of hydrogen-bond acceptors (Lipinski definition) is 6. The van der Waals surface area contributed by atoms with Crippen LogP contribution >= 0.6 is 7.60 Å². The Kier molecular flexibility index (Phi) is 5.82. The number of alkyl halides is 3. The first kappa shape index (κ1) is 19.4. The number of aromatic nitrogens is 2. The molecule has 0 atom stereocenters.